The Bertz CT molecular complexity index is 726. The lowest BCUT2D eigenvalue weighted by Gasteiger charge is -2.41. The van der Waals surface area contributed by atoms with Crippen LogP contribution < -0.4 is 0 Å². The van der Waals surface area contributed by atoms with Crippen LogP contribution in [0.2, 0.25) is 0 Å². The molecule has 1 saturated heterocycles. The average Bonchev–Trinajstić information content (AvgIpc) is 3.15. The van der Waals surface area contributed by atoms with Gasteiger partial charge in [-0.1, -0.05) is 42.0 Å². The summed E-state index contributed by atoms with van der Waals surface area (Å²) in [5.74, 6) is 1.05. The molecule has 1 aliphatic heterocycles. The molecule has 0 aromatic heterocycles. The fourth-order valence-corrected chi connectivity index (χ4v) is 5.64. The molecule has 2 nitrogen and oxygen atoms in total. The molecule has 0 spiro atoms. The van der Waals surface area contributed by atoms with Gasteiger partial charge in [-0.3, -0.25) is 0 Å². The molecule has 0 unspecified atom stereocenters. The number of likely N-dealkylation sites (tertiary alicyclic amines) is 1. The van der Waals surface area contributed by atoms with Crippen LogP contribution >= 0.6 is 11.8 Å². The van der Waals surface area contributed by atoms with Crippen LogP contribution in [0.4, 0.5) is 0 Å². The van der Waals surface area contributed by atoms with Gasteiger partial charge in [-0.15, -0.1) is 11.8 Å². The summed E-state index contributed by atoms with van der Waals surface area (Å²) in [7, 11) is 1.90. The first kappa shape index (κ1) is 19.0. The van der Waals surface area contributed by atoms with Crippen molar-refractivity contribution in [3.63, 3.8) is 0 Å². The molecule has 3 aliphatic rings. The van der Waals surface area contributed by atoms with E-state index in [0.29, 0.717) is 0 Å². The number of thioether (sulfide) groups is 1. The Hall–Kier alpha value is -1.29. The number of nitrogens with zero attached hydrogens (tertiary/aromatic N) is 1. The Labute approximate surface area is 168 Å². The lowest BCUT2D eigenvalue weighted by Crippen LogP contribution is -2.47. The van der Waals surface area contributed by atoms with Gasteiger partial charge in [0.25, 0.3) is 0 Å². The van der Waals surface area contributed by atoms with Crippen LogP contribution in [0.1, 0.15) is 38.5 Å². The number of benzene rings is 1. The number of allylic oxidation sites excluding steroid dienone is 5. The number of hydrogen-bond donors (Lipinski definition) is 0. The van der Waals surface area contributed by atoms with Gasteiger partial charge in [-0.25, -0.2) is 0 Å². The Kier molecular flexibility index (Phi) is 6.21. The third-order valence-corrected chi connectivity index (χ3v) is 7.64. The maximum atomic E-state index is 6.02. The Balaban J connectivity index is 1.25. The van der Waals surface area contributed by atoms with Crippen molar-refractivity contribution in [2.45, 2.75) is 49.0 Å². The lowest BCUT2D eigenvalue weighted by atomic mass is 9.92. The van der Waals surface area contributed by atoms with Crippen LogP contribution in [0.3, 0.4) is 0 Å². The molecule has 0 amide bonds. The number of rotatable bonds is 7. The topological polar surface area (TPSA) is 12.5 Å². The van der Waals surface area contributed by atoms with Crippen molar-refractivity contribution in [2.24, 2.45) is 0 Å². The normalized spacial score (nSPS) is 22.0. The van der Waals surface area contributed by atoms with E-state index in [1.54, 1.807) is 16.7 Å². The Morgan fingerprint density at radius 3 is 2.74 bits per heavy atom. The fourth-order valence-electron chi connectivity index (χ4n) is 4.45. The first-order valence-corrected chi connectivity index (χ1v) is 11.3. The second-order valence-electron chi connectivity index (χ2n) is 7.97. The van der Waals surface area contributed by atoms with Crippen LogP contribution in [0, 0.1) is 0 Å². The predicted octanol–water partition coefficient (Wildman–Crippen LogP) is 5.63. The molecule has 2 aliphatic carbocycles. The molecule has 0 bridgehead atoms. The minimum atomic E-state index is 0.0332. The summed E-state index contributed by atoms with van der Waals surface area (Å²) >= 11 is 1.93. The van der Waals surface area contributed by atoms with E-state index in [1.807, 2.05) is 18.9 Å². The standard InChI is InChI=1S/C24H31NOS/c1-26-24(19-27-22-8-3-2-4-9-22)14-17-25(18-15-24)16-13-21-12-11-20-7-5-6-10-23(20)21/h2-4,6,8-10,12H,5,7,11,13-19H2,1H3. The minimum Gasteiger partial charge on any atom is -0.377 e. The molecule has 0 N–H and O–H groups in total. The summed E-state index contributed by atoms with van der Waals surface area (Å²) in [6.45, 7) is 3.48. The van der Waals surface area contributed by atoms with Gasteiger partial charge in [0, 0.05) is 37.4 Å². The monoisotopic (exact) mass is 381 g/mol. The molecule has 0 atom stereocenters. The van der Waals surface area contributed by atoms with Crippen LogP contribution in [0.25, 0.3) is 0 Å². The highest BCUT2D eigenvalue weighted by Gasteiger charge is 2.34. The quantitative estimate of drug-likeness (QED) is 0.568. The Morgan fingerprint density at radius 2 is 1.96 bits per heavy atom. The number of ether oxygens (including phenoxy) is 1. The van der Waals surface area contributed by atoms with E-state index in [4.69, 9.17) is 4.74 Å². The average molecular weight is 382 g/mol. The molecule has 27 heavy (non-hydrogen) atoms. The van der Waals surface area contributed by atoms with E-state index < -0.39 is 0 Å². The third-order valence-electron chi connectivity index (χ3n) is 6.36. The fraction of sp³-hybridized carbons (Fsp3) is 0.500. The van der Waals surface area contributed by atoms with E-state index in [-0.39, 0.29) is 5.60 Å². The third kappa shape index (κ3) is 4.59. The lowest BCUT2D eigenvalue weighted by molar-refractivity contribution is -0.0385. The molecule has 3 heteroatoms. The van der Waals surface area contributed by atoms with Crippen molar-refractivity contribution in [1.82, 2.24) is 4.90 Å². The molecule has 1 aromatic rings. The van der Waals surface area contributed by atoms with Crippen molar-refractivity contribution in [2.75, 3.05) is 32.5 Å². The van der Waals surface area contributed by atoms with Gasteiger partial charge in [0.2, 0.25) is 0 Å². The predicted molar refractivity (Wildman–Crippen MR) is 115 cm³/mol. The first-order valence-electron chi connectivity index (χ1n) is 10.3. The van der Waals surface area contributed by atoms with Gasteiger partial charge in [0.1, 0.15) is 0 Å². The zero-order chi connectivity index (χ0) is 18.5. The largest absolute Gasteiger partial charge is 0.377 e. The molecular formula is C24H31NOS. The van der Waals surface area contributed by atoms with E-state index in [2.05, 4.69) is 53.5 Å². The zero-order valence-electron chi connectivity index (χ0n) is 16.5. The summed E-state index contributed by atoms with van der Waals surface area (Å²) in [6.07, 6.45) is 14.3. The molecule has 0 saturated carbocycles. The highest BCUT2D eigenvalue weighted by Crippen LogP contribution is 2.36. The van der Waals surface area contributed by atoms with Gasteiger partial charge in [0.05, 0.1) is 5.60 Å². The van der Waals surface area contributed by atoms with Crippen molar-refractivity contribution in [3.8, 4) is 0 Å². The van der Waals surface area contributed by atoms with E-state index >= 15 is 0 Å². The van der Waals surface area contributed by atoms with Gasteiger partial charge >= 0.3 is 0 Å². The van der Waals surface area contributed by atoms with Gasteiger partial charge in [-0.05, 0) is 61.8 Å². The van der Waals surface area contributed by atoms with Gasteiger partial charge in [-0.2, -0.15) is 0 Å². The first-order chi connectivity index (χ1) is 13.3. The highest BCUT2D eigenvalue weighted by atomic mass is 32.2. The second kappa shape index (κ2) is 8.81. The number of hydrogen-bond acceptors (Lipinski definition) is 3. The summed E-state index contributed by atoms with van der Waals surface area (Å²) in [4.78, 5) is 3.98. The maximum absolute atomic E-state index is 6.02. The van der Waals surface area contributed by atoms with Crippen molar-refractivity contribution >= 4 is 11.8 Å². The highest BCUT2D eigenvalue weighted by molar-refractivity contribution is 7.99. The van der Waals surface area contributed by atoms with Crippen LogP contribution in [0.15, 0.2) is 70.2 Å². The SMILES string of the molecule is COC1(CSc2ccccc2)CCN(CCC2=CCC3=C2C=CCC3)CC1. The van der Waals surface area contributed by atoms with Crippen LogP contribution in [-0.2, 0) is 4.74 Å². The van der Waals surface area contributed by atoms with Crippen molar-refractivity contribution in [1.29, 1.82) is 0 Å². The van der Waals surface area contributed by atoms with E-state index in [1.165, 1.54) is 37.1 Å². The molecular weight excluding hydrogens is 350 g/mol. The van der Waals surface area contributed by atoms with Gasteiger partial charge < -0.3 is 9.64 Å². The maximum Gasteiger partial charge on any atom is 0.0796 e. The van der Waals surface area contributed by atoms with Crippen molar-refractivity contribution < 1.29 is 4.74 Å². The zero-order valence-corrected chi connectivity index (χ0v) is 17.3. The molecule has 144 valence electrons. The van der Waals surface area contributed by atoms with Gasteiger partial charge in [0.15, 0.2) is 0 Å². The van der Waals surface area contributed by atoms with E-state index in [9.17, 15) is 0 Å². The summed E-state index contributed by atoms with van der Waals surface area (Å²) < 4.78 is 6.02. The molecule has 1 fully saturated rings. The summed E-state index contributed by atoms with van der Waals surface area (Å²) in [5, 5.41) is 0. The number of piperidine rings is 1. The van der Waals surface area contributed by atoms with E-state index in [0.717, 1.165) is 31.7 Å². The molecule has 1 heterocycles. The molecule has 0 radical (unpaired) electrons. The number of methoxy groups -OCH3 is 1. The summed E-state index contributed by atoms with van der Waals surface area (Å²) in [5.41, 5.74) is 4.85. The Morgan fingerprint density at radius 1 is 1.15 bits per heavy atom. The van der Waals surface area contributed by atoms with Crippen LogP contribution in [0.5, 0.6) is 0 Å². The minimum absolute atomic E-state index is 0.0332. The smallest absolute Gasteiger partial charge is 0.0796 e. The second-order valence-corrected chi connectivity index (χ2v) is 9.02. The summed E-state index contributed by atoms with van der Waals surface area (Å²) in [6, 6.07) is 10.7. The molecule has 1 aromatic carbocycles. The molecule has 4 rings (SSSR count). The van der Waals surface area contributed by atoms with Crippen molar-refractivity contribution in [3.05, 3.63) is 65.3 Å². The van der Waals surface area contributed by atoms with Crippen LogP contribution in [-0.4, -0.2) is 43.0 Å².